The largest absolute Gasteiger partial charge is 0.449 e. The third-order valence-corrected chi connectivity index (χ3v) is 4.53. The van der Waals surface area contributed by atoms with Gasteiger partial charge in [-0.05, 0) is 19.3 Å². The van der Waals surface area contributed by atoms with Gasteiger partial charge in [0.1, 0.15) is 0 Å². The van der Waals surface area contributed by atoms with Crippen LogP contribution >= 0.6 is 11.6 Å². The number of quaternary nitrogens is 1. The Balaban J connectivity index is 3.09. The van der Waals surface area contributed by atoms with Crippen LogP contribution in [-0.4, -0.2) is 44.2 Å². The molecule has 0 radical (unpaired) electrons. The number of unbranched alkanes of at least 4 members (excludes halogenated alkanes) is 12. The summed E-state index contributed by atoms with van der Waals surface area (Å²) in [6.07, 6.45) is 17.6. The SMILES string of the molecule is C[N+](C)(C)CCCCCCCCCCCCCCCC(=O)OCCl. The van der Waals surface area contributed by atoms with Crippen molar-refractivity contribution in [2.24, 2.45) is 0 Å². The van der Waals surface area contributed by atoms with Crippen LogP contribution in [0.2, 0.25) is 0 Å². The molecule has 0 bridgehead atoms. The summed E-state index contributed by atoms with van der Waals surface area (Å²) in [5.41, 5.74) is 0. The van der Waals surface area contributed by atoms with Gasteiger partial charge < -0.3 is 9.22 Å². The molecule has 0 aliphatic carbocycles. The molecular formula is C20H41ClNO2+. The minimum Gasteiger partial charge on any atom is -0.449 e. The molecule has 0 aromatic heterocycles. The second-order valence-corrected chi connectivity index (χ2v) is 8.20. The first kappa shape index (κ1) is 23.7. The van der Waals surface area contributed by atoms with E-state index < -0.39 is 0 Å². The third-order valence-electron chi connectivity index (χ3n) is 4.43. The lowest BCUT2D eigenvalue weighted by atomic mass is 10.0. The van der Waals surface area contributed by atoms with Crippen molar-refractivity contribution in [2.45, 2.75) is 89.9 Å². The van der Waals surface area contributed by atoms with Crippen molar-refractivity contribution in [1.29, 1.82) is 0 Å². The Bertz CT molecular complexity index is 290. The van der Waals surface area contributed by atoms with E-state index in [0.717, 1.165) is 17.3 Å². The molecule has 0 N–H and O–H groups in total. The van der Waals surface area contributed by atoms with Gasteiger partial charge >= 0.3 is 5.97 Å². The highest BCUT2D eigenvalue weighted by Gasteiger charge is 2.05. The summed E-state index contributed by atoms with van der Waals surface area (Å²) in [6, 6.07) is -0.0188. The van der Waals surface area contributed by atoms with Gasteiger partial charge in [0.2, 0.25) is 0 Å². The Kier molecular flexibility index (Phi) is 16.0. The topological polar surface area (TPSA) is 26.3 Å². The van der Waals surface area contributed by atoms with E-state index >= 15 is 0 Å². The maximum absolute atomic E-state index is 11.1. The Labute approximate surface area is 155 Å². The van der Waals surface area contributed by atoms with Crippen LogP contribution in [0.1, 0.15) is 89.9 Å². The molecule has 0 rings (SSSR count). The van der Waals surface area contributed by atoms with Gasteiger partial charge in [0, 0.05) is 6.42 Å². The molecular weight excluding hydrogens is 322 g/mol. The van der Waals surface area contributed by atoms with E-state index in [2.05, 4.69) is 21.1 Å². The highest BCUT2D eigenvalue weighted by Crippen LogP contribution is 2.13. The molecule has 144 valence electrons. The molecule has 24 heavy (non-hydrogen) atoms. The van der Waals surface area contributed by atoms with E-state index in [1.54, 1.807) is 0 Å². The molecule has 0 aromatic carbocycles. The number of alkyl halides is 1. The van der Waals surface area contributed by atoms with E-state index in [4.69, 9.17) is 16.3 Å². The number of carbonyl (C=O) groups excluding carboxylic acids is 1. The Morgan fingerprint density at radius 2 is 1.08 bits per heavy atom. The van der Waals surface area contributed by atoms with E-state index in [1.165, 1.54) is 77.2 Å². The molecule has 4 heteroatoms. The second-order valence-electron chi connectivity index (χ2n) is 7.99. The molecule has 0 saturated carbocycles. The van der Waals surface area contributed by atoms with Gasteiger partial charge in [-0.25, -0.2) is 0 Å². The summed E-state index contributed by atoms with van der Waals surface area (Å²) in [7, 11) is 6.82. The zero-order valence-corrected chi connectivity index (χ0v) is 17.2. The van der Waals surface area contributed by atoms with Gasteiger partial charge in [-0.3, -0.25) is 4.79 Å². The van der Waals surface area contributed by atoms with Gasteiger partial charge in [-0.2, -0.15) is 0 Å². The zero-order chi connectivity index (χ0) is 18.1. The van der Waals surface area contributed by atoms with Crippen molar-refractivity contribution in [3.8, 4) is 0 Å². The number of hydrogen-bond donors (Lipinski definition) is 0. The lowest BCUT2D eigenvalue weighted by Gasteiger charge is -2.23. The van der Waals surface area contributed by atoms with Gasteiger partial charge in [0.05, 0.1) is 27.7 Å². The molecule has 0 heterocycles. The van der Waals surface area contributed by atoms with Crippen molar-refractivity contribution in [1.82, 2.24) is 0 Å². The normalized spacial score (nSPS) is 11.7. The van der Waals surface area contributed by atoms with Crippen LogP contribution in [0.15, 0.2) is 0 Å². The third kappa shape index (κ3) is 19.8. The first-order chi connectivity index (χ1) is 11.5. The number of hydrogen-bond acceptors (Lipinski definition) is 2. The average molecular weight is 363 g/mol. The van der Waals surface area contributed by atoms with Crippen LogP contribution in [0.25, 0.3) is 0 Å². The van der Waals surface area contributed by atoms with Crippen molar-refractivity contribution in [3.05, 3.63) is 0 Å². The maximum atomic E-state index is 11.1. The molecule has 0 aliphatic rings. The number of halogens is 1. The fourth-order valence-corrected chi connectivity index (χ4v) is 3.05. The highest BCUT2D eigenvalue weighted by molar-refractivity contribution is 6.17. The minimum absolute atomic E-state index is 0.0188. The summed E-state index contributed by atoms with van der Waals surface area (Å²) in [6.45, 7) is 1.30. The predicted molar refractivity (Wildman–Crippen MR) is 104 cm³/mol. The molecule has 0 saturated heterocycles. The maximum Gasteiger partial charge on any atom is 0.306 e. The molecule has 0 spiro atoms. The molecule has 0 amide bonds. The summed E-state index contributed by atoms with van der Waals surface area (Å²) in [5, 5.41) is 0. The summed E-state index contributed by atoms with van der Waals surface area (Å²) in [5.74, 6) is -0.164. The molecule has 0 unspecified atom stereocenters. The highest BCUT2D eigenvalue weighted by atomic mass is 35.5. The first-order valence-electron chi connectivity index (χ1n) is 9.98. The van der Waals surface area contributed by atoms with Gasteiger partial charge in [-0.15, -0.1) is 0 Å². The second kappa shape index (κ2) is 16.2. The molecule has 0 fully saturated rings. The van der Waals surface area contributed by atoms with Crippen LogP contribution < -0.4 is 0 Å². The lowest BCUT2D eigenvalue weighted by molar-refractivity contribution is -0.870. The van der Waals surface area contributed by atoms with Crippen LogP contribution in [0, 0.1) is 0 Å². The van der Waals surface area contributed by atoms with Gasteiger partial charge in [0.15, 0.2) is 6.07 Å². The Morgan fingerprint density at radius 1 is 0.708 bits per heavy atom. The molecule has 0 aromatic rings. The summed E-state index contributed by atoms with van der Waals surface area (Å²) in [4.78, 5) is 11.1. The van der Waals surface area contributed by atoms with Crippen LogP contribution in [0.5, 0.6) is 0 Å². The zero-order valence-electron chi connectivity index (χ0n) is 16.5. The fraction of sp³-hybridized carbons (Fsp3) is 0.950. The summed E-state index contributed by atoms with van der Waals surface area (Å²) >= 11 is 5.33. The van der Waals surface area contributed by atoms with E-state index in [0.29, 0.717) is 6.42 Å². The van der Waals surface area contributed by atoms with E-state index in [9.17, 15) is 4.79 Å². The van der Waals surface area contributed by atoms with Crippen molar-refractivity contribution >= 4 is 17.6 Å². The number of nitrogens with zero attached hydrogens (tertiary/aromatic N) is 1. The number of esters is 1. The molecule has 3 nitrogen and oxygen atoms in total. The smallest absolute Gasteiger partial charge is 0.306 e. The summed E-state index contributed by atoms with van der Waals surface area (Å²) < 4.78 is 5.79. The van der Waals surface area contributed by atoms with Crippen molar-refractivity contribution < 1.29 is 14.0 Å². The van der Waals surface area contributed by atoms with Gasteiger partial charge in [0.25, 0.3) is 0 Å². The van der Waals surface area contributed by atoms with Crippen molar-refractivity contribution in [3.63, 3.8) is 0 Å². The quantitative estimate of drug-likeness (QED) is 0.139. The molecule has 0 aliphatic heterocycles. The van der Waals surface area contributed by atoms with Crippen LogP contribution in [0.3, 0.4) is 0 Å². The van der Waals surface area contributed by atoms with Crippen LogP contribution in [0.4, 0.5) is 0 Å². The van der Waals surface area contributed by atoms with E-state index in [-0.39, 0.29) is 12.0 Å². The molecule has 0 atom stereocenters. The fourth-order valence-electron chi connectivity index (χ4n) is 2.93. The Morgan fingerprint density at radius 3 is 1.46 bits per heavy atom. The standard InChI is InChI=1S/C20H41ClNO2/c1-22(2,3)18-16-14-12-10-8-6-4-5-7-9-11-13-15-17-20(23)24-19-21/h4-19H2,1-3H3/q+1. The van der Waals surface area contributed by atoms with Gasteiger partial charge in [-0.1, -0.05) is 75.8 Å². The minimum atomic E-state index is -0.164. The average Bonchev–Trinajstić information content (AvgIpc) is 2.50. The number of carbonyl (C=O) groups is 1. The lowest BCUT2D eigenvalue weighted by Crippen LogP contribution is -2.35. The first-order valence-corrected chi connectivity index (χ1v) is 10.5. The van der Waals surface area contributed by atoms with Crippen LogP contribution in [-0.2, 0) is 9.53 Å². The predicted octanol–water partition coefficient (Wildman–Crippen LogP) is 5.89. The number of ether oxygens (including phenoxy) is 1. The number of rotatable bonds is 17. The Hall–Kier alpha value is -0.280. The monoisotopic (exact) mass is 362 g/mol. The van der Waals surface area contributed by atoms with Crippen molar-refractivity contribution in [2.75, 3.05) is 33.8 Å². The van der Waals surface area contributed by atoms with E-state index in [1.807, 2.05) is 0 Å².